The second kappa shape index (κ2) is 8.84. The van der Waals surface area contributed by atoms with Gasteiger partial charge in [-0.2, -0.15) is 4.99 Å². The average molecular weight is 309 g/mol. The lowest BCUT2D eigenvalue weighted by Crippen LogP contribution is -2.32. The number of nitrogens with one attached hydrogen (secondary N) is 1. The number of hydrogen-bond donors (Lipinski definition) is 6. The molecule has 0 fully saturated rings. The average Bonchev–Trinajstić information content (AvgIpc) is 2.40. The van der Waals surface area contributed by atoms with E-state index in [0.717, 1.165) is 6.08 Å². The van der Waals surface area contributed by atoms with Crippen molar-refractivity contribution in [3.63, 3.8) is 0 Å². The van der Waals surface area contributed by atoms with Gasteiger partial charge in [0.05, 0.1) is 0 Å². The monoisotopic (exact) mass is 309 g/mol. The molecule has 0 aliphatic carbocycles. The number of aromatic hydroxyl groups is 2. The molecule has 0 aliphatic rings. The van der Waals surface area contributed by atoms with Gasteiger partial charge in [-0.1, -0.05) is 6.07 Å². The molecule has 1 aromatic carbocycles. The summed E-state index contributed by atoms with van der Waals surface area (Å²) in [7, 11) is 3.45. The zero-order chi connectivity index (χ0) is 17.3. The second-order valence-electron chi connectivity index (χ2n) is 4.17. The van der Waals surface area contributed by atoms with Crippen LogP contribution in [-0.2, 0) is 4.79 Å². The molecular weight excluding hydrogens is 290 g/mol. The maximum Gasteiger partial charge on any atom is 0.328 e. The van der Waals surface area contributed by atoms with E-state index >= 15 is 0 Å². The van der Waals surface area contributed by atoms with Crippen LogP contribution < -0.4 is 11.5 Å². The highest BCUT2D eigenvalue weighted by molar-refractivity contribution is 5.91. The molecule has 1 aromatic rings. The largest absolute Gasteiger partial charge is 0.504 e. The number of phenolic OH excluding ortho intramolecular Hbond substituents is 2. The Hall–Kier alpha value is -3.23. The van der Waals surface area contributed by atoms with Crippen molar-refractivity contribution in [1.29, 1.82) is 5.41 Å². The minimum atomic E-state index is -1.06. The third-order valence-electron chi connectivity index (χ3n) is 2.11. The molecule has 0 amide bonds. The normalized spacial score (nSPS) is 10.7. The Labute approximate surface area is 127 Å². The molecular formula is C13H19N5O4. The van der Waals surface area contributed by atoms with Crippen LogP contribution in [0.5, 0.6) is 11.5 Å². The SMILES string of the molecule is CN(C)C(N)=NC(=N)N.O=C(O)C=Cc1ccc(O)c(O)c1. The molecule has 120 valence electrons. The zero-order valence-corrected chi connectivity index (χ0v) is 12.2. The van der Waals surface area contributed by atoms with E-state index in [0.29, 0.717) is 5.56 Å². The third kappa shape index (κ3) is 8.04. The minimum absolute atomic E-state index is 0.229. The fourth-order valence-corrected chi connectivity index (χ4v) is 1.04. The van der Waals surface area contributed by atoms with E-state index in [9.17, 15) is 4.79 Å². The lowest BCUT2D eigenvalue weighted by atomic mass is 10.2. The summed E-state index contributed by atoms with van der Waals surface area (Å²) in [6.45, 7) is 0. The number of benzene rings is 1. The minimum Gasteiger partial charge on any atom is -0.504 e. The van der Waals surface area contributed by atoms with E-state index in [1.807, 2.05) is 0 Å². The van der Waals surface area contributed by atoms with Crippen LogP contribution in [0.3, 0.4) is 0 Å². The number of nitrogens with two attached hydrogens (primary N) is 2. The van der Waals surface area contributed by atoms with Gasteiger partial charge in [-0.3, -0.25) is 5.41 Å². The van der Waals surface area contributed by atoms with Crippen LogP contribution in [0.1, 0.15) is 5.56 Å². The van der Waals surface area contributed by atoms with Gasteiger partial charge in [0, 0.05) is 20.2 Å². The Balaban J connectivity index is 0.000000433. The standard InChI is InChI=1S/C9H8O4.C4H11N5/c10-7-3-1-6(5-8(7)11)2-4-9(12)13;1-9(2)4(7)8-3(5)6/h1-5,10-11H,(H,12,13);1-2H3,(H5,5,6,7,8). The first-order chi connectivity index (χ1) is 10.1. The van der Waals surface area contributed by atoms with Crippen LogP contribution in [-0.4, -0.2) is 52.2 Å². The van der Waals surface area contributed by atoms with Gasteiger partial charge in [0.15, 0.2) is 17.5 Å². The van der Waals surface area contributed by atoms with Gasteiger partial charge in [0.1, 0.15) is 0 Å². The maximum absolute atomic E-state index is 10.1. The Morgan fingerprint density at radius 1 is 1.27 bits per heavy atom. The quantitative estimate of drug-likeness (QED) is 0.192. The van der Waals surface area contributed by atoms with Crippen molar-refractivity contribution in [2.24, 2.45) is 16.5 Å². The Bertz CT molecular complexity index is 596. The molecule has 0 saturated carbocycles. The molecule has 0 aromatic heterocycles. The number of guanidine groups is 2. The summed E-state index contributed by atoms with van der Waals surface area (Å²) in [6, 6.07) is 4.06. The van der Waals surface area contributed by atoms with Crippen LogP contribution in [0.25, 0.3) is 6.08 Å². The van der Waals surface area contributed by atoms with E-state index in [1.54, 1.807) is 19.0 Å². The van der Waals surface area contributed by atoms with Crippen molar-refractivity contribution in [3.8, 4) is 11.5 Å². The third-order valence-corrected chi connectivity index (χ3v) is 2.11. The Kier molecular flexibility index (Phi) is 7.55. The predicted octanol–water partition coefficient (Wildman–Crippen LogP) is -0.0482. The van der Waals surface area contributed by atoms with Crippen molar-refractivity contribution in [1.82, 2.24) is 4.90 Å². The molecule has 0 radical (unpaired) electrons. The van der Waals surface area contributed by atoms with Gasteiger partial charge in [0.2, 0.25) is 5.96 Å². The number of rotatable bonds is 2. The predicted molar refractivity (Wildman–Crippen MR) is 83.7 cm³/mol. The first kappa shape index (κ1) is 18.8. The topological polar surface area (TPSA) is 169 Å². The number of carboxylic acids is 1. The van der Waals surface area contributed by atoms with Gasteiger partial charge in [-0.15, -0.1) is 0 Å². The maximum atomic E-state index is 10.1. The summed E-state index contributed by atoms with van der Waals surface area (Å²) >= 11 is 0. The van der Waals surface area contributed by atoms with Gasteiger partial charge < -0.3 is 31.7 Å². The van der Waals surface area contributed by atoms with Crippen LogP contribution >= 0.6 is 0 Å². The molecule has 0 saturated heterocycles. The molecule has 22 heavy (non-hydrogen) atoms. The van der Waals surface area contributed by atoms with E-state index in [-0.39, 0.29) is 23.4 Å². The molecule has 0 unspecified atom stereocenters. The van der Waals surface area contributed by atoms with Crippen LogP contribution in [0.4, 0.5) is 0 Å². The fraction of sp³-hybridized carbons (Fsp3) is 0.154. The smallest absolute Gasteiger partial charge is 0.328 e. The van der Waals surface area contributed by atoms with Crippen molar-refractivity contribution in [3.05, 3.63) is 29.8 Å². The first-order valence-electron chi connectivity index (χ1n) is 5.92. The summed E-state index contributed by atoms with van der Waals surface area (Å²) in [5.41, 5.74) is 10.7. The van der Waals surface area contributed by atoms with Gasteiger partial charge in [-0.25, -0.2) is 4.79 Å². The highest BCUT2D eigenvalue weighted by Crippen LogP contribution is 2.25. The Morgan fingerprint density at radius 3 is 2.23 bits per heavy atom. The van der Waals surface area contributed by atoms with Gasteiger partial charge in [-0.05, 0) is 23.8 Å². The van der Waals surface area contributed by atoms with Crippen LogP contribution in [0.2, 0.25) is 0 Å². The highest BCUT2D eigenvalue weighted by Gasteiger charge is 1.98. The molecule has 0 heterocycles. The molecule has 8 N–H and O–H groups in total. The number of carboxylic acid groups (broad SMARTS) is 1. The Morgan fingerprint density at radius 2 is 1.86 bits per heavy atom. The second-order valence-corrected chi connectivity index (χ2v) is 4.17. The molecule has 0 aliphatic heterocycles. The molecule has 1 rings (SSSR count). The number of hydrogen-bond acceptors (Lipinski definition) is 4. The summed E-state index contributed by atoms with van der Waals surface area (Å²) in [4.78, 5) is 15.2. The zero-order valence-electron chi connectivity index (χ0n) is 12.2. The van der Waals surface area contributed by atoms with E-state index in [2.05, 4.69) is 4.99 Å². The summed E-state index contributed by atoms with van der Waals surface area (Å²) in [5, 5.41) is 33.0. The summed E-state index contributed by atoms with van der Waals surface area (Å²) < 4.78 is 0. The van der Waals surface area contributed by atoms with Crippen molar-refractivity contribution in [2.75, 3.05) is 14.1 Å². The number of aliphatic imine (C=N–C) groups is 1. The molecule has 0 atom stereocenters. The lowest BCUT2D eigenvalue weighted by molar-refractivity contribution is -0.131. The molecule has 0 spiro atoms. The lowest BCUT2D eigenvalue weighted by Gasteiger charge is -2.08. The summed E-state index contributed by atoms with van der Waals surface area (Å²) in [5.74, 6) is -1.60. The van der Waals surface area contributed by atoms with Crippen LogP contribution in [0, 0.1) is 5.41 Å². The fourth-order valence-electron chi connectivity index (χ4n) is 1.04. The summed E-state index contributed by atoms with van der Waals surface area (Å²) in [6.07, 6.45) is 2.27. The molecule has 9 nitrogen and oxygen atoms in total. The van der Waals surface area contributed by atoms with Gasteiger partial charge >= 0.3 is 5.97 Å². The molecule has 0 bridgehead atoms. The molecule has 9 heteroatoms. The number of nitrogens with zero attached hydrogens (tertiary/aromatic N) is 2. The number of carbonyl (C=O) groups is 1. The van der Waals surface area contributed by atoms with Crippen molar-refractivity contribution in [2.45, 2.75) is 0 Å². The number of phenols is 2. The van der Waals surface area contributed by atoms with E-state index in [1.165, 1.54) is 24.3 Å². The first-order valence-corrected chi connectivity index (χ1v) is 5.92. The van der Waals surface area contributed by atoms with Crippen LogP contribution in [0.15, 0.2) is 29.3 Å². The number of aliphatic carboxylic acids is 1. The van der Waals surface area contributed by atoms with Crippen molar-refractivity contribution < 1.29 is 20.1 Å². The van der Waals surface area contributed by atoms with E-state index in [4.69, 9.17) is 32.2 Å². The van der Waals surface area contributed by atoms with Gasteiger partial charge in [0.25, 0.3) is 0 Å². The van der Waals surface area contributed by atoms with Crippen molar-refractivity contribution >= 4 is 24.0 Å². The highest BCUT2D eigenvalue weighted by atomic mass is 16.4. The van der Waals surface area contributed by atoms with E-state index < -0.39 is 5.97 Å².